The fraction of sp³-hybridized carbons (Fsp3) is 0.400. The molecule has 4 rings (SSSR count). The molecule has 10 heteroatoms. The zero-order valence-corrected chi connectivity index (χ0v) is 20.0. The van der Waals surface area contributed by atoms with Crippen LogP contribution in [0.25, 0.3) is 11.4 Å². The predicted molar refractivity (Wildman–Crippen MR) is 128 cm³/mol. The number of aryl methyl sites for hydroxylation is 2. The summed E-state index contributed by atoms with van der Waals surface area (Å²) in [4.78, 5) is 32.9. The number of amides is 1. The van der Waals surface area contributed by atoms with E-state index < -0.39 is 18.2 Å². The Morgan fingerprint density at radius 2 is 1.97 bits per heavy atom. The fourth-order valence-corrected chi connectivity index (χ4v) is 4.19. The Balaban J connectivity index is 1.45. The van der Waals surface area contributed by atoms with Crippen LogP contribution in [-0.4, -0.2) is 43.0 Å². The number of ether oxygens (including phenoxy) is 2. The second kappa shape index (κ2) is 10.5. The van der Waals surface area contributed by atoms with E-state index in [1.165, 1.54) is 4.68 Å². The number of nitrogens with one attached hydrogen (secondary N) is 1. The van der Waals surface area contributed by atoms with Crippen LogP contribution in [0.15, 0.2) is 42.7 Å². The summed E-state index contributed by atoms with van der Waals surface area (Å²) in [7, 11) is 1.70. The Bertz CT molecular complexity index is 1200. The van der Waals surface area contributed by atoms with Crippen molar-refractivity contribution in [1.29, 1.82) is 0 Å². The number of carboxylic acid groups (broad SMARTS) is 1. The van der Waals surface area contributed by atoms with Crippen LogP contribution in [-0.2, 0) is 16.6 Å². The number of carbonyl (C=O) groups excluding carboxylic acids is 1. The maximum absolute atomic E-state index is 12.6. The van der Waals surface area contributed by atoms with E-state index in [2.05, 4.69) is 20.4 Å². The van der Waals surface area contributed by atoms with E-state index in [-0.39, 0.29) is 12.0 Å². The molecule has 3 aromatic rings. The molecule has 1 saturated carbocycles. The molecule has 184 valence electrons. The summed E-state index contributed by atoms with van der Waals surface area (Å²) in [6.45, 7) is 3.60. The molecule has 0 saturated heterocycles. The molecule has 2 heterocycles. The van der Waals surface area contributed by atoms with Gasteiger partial charge in [0.25, 0.3) is 0 Å². The minimum atomic E-state index is -0.782. The largest absolute Gasteiger partial charge is 0.487 e. The number of hydrogen-bond acceptors (Lipinski definition) is 7. The van der Waals surface area contributed by atoms with E-state index in [1.54, 1.807) is 33.3 Å². The van der Waals surface area contributed by atoms with E-state index in [0.717, 1.165) is 18.4 Å². The van der Waals surface area contributed by atoms with Crippen molar-refractivity contribution in [3.05, 3.63) is 54.0 Å². The minimum Gasteiger partial charge on any atom is -0.487 e. The fourth-order valence-electron chi connectivity index (χ4n) is 4.19. The number of hydrogen-bond donors (Lipinski definition) is 2. The third-order valence-electron chi connectivity index (χ3n) is 6.16. The van der Waals surface area contributed by atoms with Gasteiger partial charge in [-0.2, -0.15) is 5.10 Å². The average Bonchev–Trinajstić information content (AvgIpc) is 3.20. The van der Waals surface area contributed by atoms with Gasteiger partial charge in [0.1, 0.15) is 11.9 Å². The number of carboxylic acids is 1. The van der Waals surface area contributed by atoms with E-state index in [9.17, 15) is 14.7 Å². The highest BCUT2D eigenvalue weighted by molar-refractivity contribution is 5.88. The van der Waals surface area contributed by atoms with Gasteiger partial charge in [-0.3, -0.25) is 14.8 Å². The normalized spacial score (nSPS) is 18.5. The Kier molecular flexibility index (Phi) is 7.28. The first-order valence-electron chi connectivity index (χ1n) is 11.6. The molecule has 0 radical (unpaired) electrons. The maximum atomic E-state index is 12.6. The van der Waals surface area contributed by atoms with Crippen molar-refractivity contribution in [1.82, 2.24) is 19.7 Å². The van der Waals surface area contributed by atoms with Crippen LogP contribution in [0, 0.1) is 12.8 Å². The van der Waals surface area contributed by atoms with E-state index in [0.29, 0.717) is 41.5 Å². The molecular weight excluding hydrogens is 450 g/mol. The topological polar surface area (TPSA) is 128 Å². The highest BCUT2D eigenvalue weighted by Crippen LogP contribution is 2.31. The van der Waals surface area contributed by atoms with Crippen molar-refractivity contribution < 1.29 is 24.2 Å². The first-order valence-corrected chi connectivity index (χ1v) is 11.6. The lowest BCUT2D eigenvalue weighted by atomic mass is 9.87. The van der Waals surface area contributed by atoms with Crippen LogP contribution < -0.4 is 10.1 Å². The van der Waals surface area contributed by atoms with Crippen LogP contribution in [0.2, 0.25) is 0 Å². The van der Waals surface area contributed by atoms with Crippen molar-refractivity contribution in [3.63, 3.8) is 0 Å². The van der Waals surface area contributed by atoms with Gasteiger partial charge < -0.3 is 14.6 Å². The summed E-state index contributed by atoms with van der Waals surface area (Å²) in [6.07, 6.45) is 4.67. The summed E-state index contributed by atoms with van der Waals surface area (Å²) in [5, 5.41) is 16.3. The molecule has 1 aliphatic carbocycles. The molecule has 2 aromatic heterocycles. The van der Waals surface area contributed by atoms with Gasteiger partial charge in [-0.25, -0.2) is 14.8 Å². The van der Waals surface area contributed by atoms with Gasteiger partial charge in [0.15, 0.2) is 11.6 Å². The van der Waals surface area contributed by atoms with Gasteiger partial charge >= 0.3 is 12.1 Å². The zero-order valence-electron chi connectivity index (χ0n) is 20.0. The lowest BCUT2D eigenvalue weighted by Crippen LogP contribution is -2.29. The van der Waals surface area contributed by atoms with Crippen molar-refractivity contribution in [2.24, 2.45) is 13.0 Å². The van der Waals surface area contributed by atoms with Crippen molar-refractivity contribution in [2.75, 3.05) is 5.32 Å². The van der Waals surface area contributed by atoms with Crippen LogP contribution in [0.3, 0.4) is 0 Å². The quantitative estimate of drug-likeness (QED) is 0.506. The SMILES string of the molecule is Cc1nc(-c2cnn(C)c2NC(=O)OC(C)c2ccccc2)ncc1O[C@H]1CCC[C@H](C(=O)O)C1. The zero-order chi connectivity index (χ0) is 24.9. The van der Waals surface area contributed by atoms with Crippen LogP contribution in [0.5, 0.6) is 5.75 Å². The summed E-state index contributed by atoms with van der Waals surface area (Å²) < 4.78 is 13.1. The van der Waals surface area contributed by atoms with E-state index >= 15 is 0 Å². The molecule has 0 spiro atoms. The standard InChI is InChI=1S/C25H29N5O5/c1-15-21(35-19-11-7-10-18(12-19)24(31)32)14-26-22(28-15)20-13-27-30(3)23(20)29-25(33)34-16(2)17-8-5-4-6-9-17/h4-6,8-9,13-14,16,18-19H,7,10-12H2,1-3H3,(H,29,33)(H,31,32)/t16?,18-,19-/m0/s1. The first-order chi connectivity index (χ1) is 16.8. The summed E-state index contributed by atoms with van der Waals surface area (Å²) in [5.41, 5.74) is 2.03. The Morgan fingerprint density at radius 3 is 2.69 bits per heavy atom. The van der Waals surface area contributed by atoms with Gasteiger partial charge in [0.05, 0.1) is 35.7 Å². The van der Waals surface area contributed by atoms with Crippen LogP contribution >= 0.6 is 0 Å². The Morgan fingerprint density at radius 1 is 1.20 bits per heavy atom. The second-order valence-electron chi connectivity index (χ2n) is 8.70. The van der Waals surface area contributed by atoms with Gasteiger partial charge in [-0.05, 0) is 45.1 Å². The van der Waals surface area contributed by atoms with Gasteiger partial charge in [0.2, 0.25) is 0 Å². The average molecular weight is 480 g/mol. The smallest absolute Gasteiger partial charge is 0.413 e. The molecule has 2 N–H and O–H groups in total. The number of aromatic nitrogens is 4. The minimum absolute atomic E-state index is 0.185. The molecule has 1 aliphatic rings. The Labute approximate surface area is 203 Å². The van der Waals surface area contributed by atoms with Gasteiger partial charge in [0, 0.05) is 7.05 Å². The van der Waals surface area contributed by atoms with Crippen molar-refractivity contribution >= 4 is 17.9 Å². The number of nitrogens with zero attached hydrogens (tertiary/aromatic N) is 4. The molecule has 3 atom stereocenters. The lowest BCUT2D eigenvalue weighted by molar-refractivity contribution is -0.143. The summed E-state index contributed by atoms with van der Waals surface area (Å²) >= 11 is 0. The number of rotatable bonds is 7. The molecule has 1 amide bonds. The lowest BCUT2D eigenvalue weighted by Gasteiger charge is -2.27. The number of carbonyl (C=O) groups is 2. The molecule has 35 heavy (non-hydrogen) atoms. The number of benzene rings is 1. The van der Waals surface area contributed by atoms with E-state index in [4.69, 9.17) is 9.47 Å². The van der Waals surface area contributed by atoms with Gasteiger partial charge in [-0.15, -0.1) is 0 Å². The monoisotopic (exact) mass is 479 g/mol. The molecule has 1 unspecified atom stereocenters. The first kappa shape index (κ1) is 24.2. The molecule has 1 aromatic carbocycles. The Hall–Kier alpha value is -3.95. The summed E-state index contributed by atoms with van der Waals surface area (Å²) in [6, 6.07) is 9.46. The second-order valence-corrected chi connectivity index (χ2v) is 8.70. The van der Waals surface area contributed by atoms with Crippen LogP contribution in [0.1, 0.15) is 50.0 Å². The highest BCUT2D eigenvalue weighted by atomic mass is 16.6. The third-order valence-corrected chi connectivity index (χ3v) is 6.16. The van der Waals surface area contributed by atoms with Gasteiger partial charge in [-0.1, -0.05) is 30.3 Å². The molecule has 0 bridgehead atoms. The third kappa shape index (κ3) is 5.76. The molecule has 1 fully saturated rings. The van der Waals surface area contributed by atoms with Crippen LogP contribution in [0.4, 0.5) is 10.6 Å². The van der Waals surface area contributed by atoms with Crippen molar-refractivity contribution in [2.45, 2.75) is 51.7 Å². The molecule has 10 nitrogen and oxygen atoms in total. The number of aliphatic carboxylic acids is 1. The molecule has 0 aliphatic heterocycles. The maximum Gasteiger partial charge on any atom is 0.413 e. The summed E-state index contributed by atoms with van der Waals surface area (Å²) in [5.74, 6) is 0.123. The van der Waals surface area contributed by atoms with Crippen molar-refractivity contribution in [3.8, 4) is 17.1 Å². The molecular formula is C25H29N5O5. The van der Waals surface area contributed by atoms with E-state index in [1.807, 2.05) is 30.3 Å². The predicted octanol–water partition coefficient (Wildman–Crippen LogP) is 4.52. The number of anilines is 1. The highest BCUT2D eigenvalue weighted by Gasteiger charge is 2.29.